The summed E-state index contributed by atoms with van der Waals surface area (Å²) < 4.78 is 29.1. The maximum absolute atomic E-state index is 13.2. The Morgan fingerprint density at radius 2 is 1.67 bits per heavy atom. The van der Waals surface area contributed by atoms with E-state index in [4.69, 9.17) is 34.8 Å². The van der Waals surface area contributed by atoms with Crippen LogP contribution in [0.25, 0.3) is 0 Å². The van der Waals surface area contributed by atoms with E-state index in [-0.39, 0.29) is 22.8 Å². The van der Waals surface area contributed by atoms with Crippen LogP contribution in [-0.4, -0.2) is 8.42 Å². The first-order valence-corrected chi connectivity index (χ1v) is 13.2. The lowest BCUT2D eigenvalue weighted by atomic mass is 9.77. The number of sulfonamides is 1. The van der Waals surface area contributed by atoms with Crippen molar-refractivity contribution in [3.63, 3.8) is 0 Å². The minimum Gasteiger partial charge on any atom is -0.378 e. The van der Waals surface area contributed by atoms with E-state index in [1.165, 1.54) is 0 Å². The highest BCUT2D eigenvalue weighted by atomic mass is 35.5. The molecule has 33 heavy (non-hydrogen) atoms. The summed E-state index contributed by atoms with van der Waals surface area (Å²) in [7, 11) is -3.80. The molecule has 1 heterocycles. The molecule has 3 aromatic rings. The quantitative estimate of drug-likeness (QED) is 0.349. The number of allylic oxidation sites excluding steroid dienone is 2. The topological polar surface area (TPSA) is 58.2 Å². The molecule has 0 saturated heterocycles. The molecule has 1 aliphatic carbocycles. The summed E-state index contributed by atoms with van der Waals surface area (Å²) in [5.41, 5.74) is 3.84. The molecule has 170 valence electrons. The molecule has 8 heteroatoms. The first-order chi connectivity index (χ1) is 15.8. The van der Waals surface area contributed by atoms with Crippen molar-refractivity contribution in [1.29, 1.82) is 0 Å². The highest BCUT2D eigenvalue weighted by molar-refractivity contribution is 7.92. The number of nitrogens with one attached hydrogen (secondary N) is 2. The zero-order valence-electron chi connectivity index (χ0n) is 17.6. The zero-order valence-corrected chi connectivity index (χ0v) is 20.7. The monoisotopic (exact) mass is 518 g/mol. The number of anilines is 2. The van der Waals surface area contributed by atoms with Crippen LogP contribution >= 0.6 is 34.8 Å². The van der Waals surface area contributed by atoms with Crippen LogP contribution in [0.1, 0.15) is 35.1 Å². The third-order valence-corrected chi connectivity index (χ3v) is 8.90. The SMILES string of the molecule is Cc1c(Cl)cccc1NS(=O)(=O)c1ccc2c(c1)[C@H]1C=CC[C@H]1[C@@H](c1c(Cl)cccc1Cl)N2. The Balaban J connectivity index is 1.53. The van der Waals surface area contributed by atoms with Crippen LogP contribution in [0.15, 0.2) is 71.6 Å². The third-order valence-electron chi connectivity index (χ3n) is 6.47. The number of benzene rings is 3. The molecule has 0 amide bonds. The average Bonchev–Trinajstić information content (AvgIpc) is 3.27. The first-order valence-electron chi connectivity index (χ1n) is 10.6. The summed E-state index contributed by atoms with van der Waals surface area (Å²) >= 11 is 19.2. The Morgan fingerprint density at radius 3 is 2.42 bits per heavy atom. The smallest absolute Gasteiger partial charge is 0.261 e. The lowest BCUT2D eigenvalue weighted by Crippen LogP contribution is -2.30. The van der Waals surface area contributed by atoms with Gasteiger partial charge in [-0.1, -0.05) is 59.1 Å². The van der Waals surface area contributed by atoms with E-state index in [1.54, 1.807) is 37.3 Å². The largest absolute Gasteiger partial charge is 0.378 e. The molecule has 2 aliphatic rings. The third kappa shape index (κ3) is 4.01. The van der Waals surface area contributed by atoms with E-state index in [0.29, 0.717) is 26.3 Å². The van der Waals surface area contributed by atoms with Crippen molar-refractivity contribution >= 4 is 56.2 Å². The highest BCUT2D eigenvalue weighted by Gasteiger charge is 2.40. The summed E-state index contributed by atoms with van der Waals surface area (Å²) in [5, 5.41) is 5.32. The van der Waals surface area contributed by atoms with Crippen LogP contribution in [0, 0.1) is 12.8 Å². The second kappa shape index (κ2) is 8.55. The fraction of sp³-hybridized carbons (Fsp3) is 0.200. The van der Waals surface area contributed by atoms with Gasteiger partial charge in [-0.05, 0) is 72.9 Å². The maximum atomic E-state index is 13.2. The Hall–Kier alpha value is -2.18. The molecule has 0 fully saturated rings. The molecule has 3 atom stereocenters. The molecular formula is C25H21Cl3N2O2S. The molecule has 0 radical (unpaired) electrons. The zero-order chi connectivity index (χ0) is 23.3. The number of hydrogen-bond acceptors (Lipinski definition) is 3. The lowest BCUT2D eigenvalue weighted by molar-refractivity contribution is 0.425. The highest BCUT2D eigenvalue weighted by Crippen LogP contribution is 2.52. The molecule has 1 aliphatic heterocycles. The Bertz CT molecular complexity index is 1370. The molecule has 5 rings (SSSR count). The van der Waals surface area contributed by atoms with Gasteiger partial charge in [0.2, 0.25) is 0 Å². The molecule has 0 saturated carbocycles. The fourth-order valence-corrected chi connectivity index (χ4v) is 6.72. The van der Waals surface area contributed by atoms with Crippen molar-refractivity contribution in [2.45, 2.75) is 30.2 Å². The van der Waals surface area contributed by atoms with Gasteiger partial charge in [-0.2, -0.15) is 0 Å². The average molecular weight is 520 g/mol. The van der Waals surface area contributed by atoms with E-state index in [1.807, 2.05) is 24.3 Å². The van der Waals surface area contributed by atoms with Gasteiger partial charge in [0.25, 0.3) is 10.0 Å². The predicted octanol–water partition coefficient (Wildman–Crippen LogP) is 7.58. The minimum atomic E-state index is -3.80. The molecule has 4 nitrogen and oxygen atoms in total. The van der Waals surface area contributed by atoms with Crippen LogP contribution in [0.3, 0.4) is 0 Å². The van der Waals surface area contributed by atoms with Crippen molar-refractivity contribution < 1.29 is 8.42 Å². The first kappa shape index (κ1) is 22.6. The summed E-state index contributed by atoms with van der Waals surface area (Å²) in [4.78, 5) is 0.204. The van der Waals surface area contributed by atoms with Gasteiger partial charge in [0.1, 0.15) is 0 Å². The molecule has 0 unspecified atom stereocenters. The van der Waals surface area contributed by atoms with Gasteiger partial charge in [-0.3, -0.25) is 4.72 Å². The van der Waals surface area contributed by atoms with Crippen molar-refractivity contribution in [2.24, 2.45) is 5.92 Å². The Morgan fingerprint density at radius 1 is 0.970 bits per heavy atom. The van der Waals surface area contributed by atoms with Gasteiger partial charge < -0.3 is 5.32 Å². The van der Waals surface area contributed by atoms with Crippen molar-refractivity contribution in [3.05, 3.63) is 98.5 Å². The van der Waals surface area contributed by atoms with Crippen molar-refractivity contribution in [1.82, 2.24) is 0 Å². The summed E-state index contributed by atoms with van der Waals surface area (Å²) in [5.74, 6) is 0.234. The van der Waals surface area contributed by atoms with E-state index < -0.39 is 10.0 Å². The second-order valence-corrected chi connectivity index (χ2v) is 11.3. The summed E-state index contributed by atoms with van der Waals surface area (Å²) in [6.07, 6.45) is 5.13. The lowest BCUT2D eigenvalue weighted by Gasteiger charge is -2.38. The fourth-order valence-electron chi connectivity index (χ4n) is 4.75. The number of rotatable bonds is 4. The number of fused-ring (bicyclic) bond motifs is 3. The Kier molecular flexibility index (Phi) is 5.86. The van der Waals surface area contributed by atoms with Gasteiger partial charge in [-0.25, -0.2) is 8.42 Å². The van der Waals surface area contributed by atoms with Gasteiger partial charge in [0.05, 0.1) is 16.6 Å². The van der Waals surface area contributed by atoms with Crippen molar-refractivity contribution in [3.8, 4) is 0 Å². The summed E-state index contributed by atoms with van der Waals surface area (Å²) in [6.45, 7) is 1.78. The second-order valence-electron chi connectivity index (χ2n) is 8.38. The van der Waals surface area contributed by atoms with Gasteiger partial charge in [0.15, 0.2) is 0 Å². The number of hydrogen-bond donors (Lipinski definition) is 2. The van der Waals surface area contributed by atoms with Crippen LogP contribution in [-0.2, 0) is 10.0 Å². The van der Waals surface area contributed by atoms with Gasteiger partial charge >= 0.3 is 0 Å². The Labute approximate surface area is 208 Å². The minimum absolute atomic E-state index is 0.0571. The molecular weight excluding hydrogens is 499 g/mol. The number of halogens is 3. The molecule has 2 N–H and O–H groups in total. The standard InChI is InChI=1S/C25H21Cl3N2O2S/c1-14-19(26)7-4-10-22(14)30-33(31,32)15-11-12-23-18(13-15)16-5-2-6-17(16)25(29-23)24-20(27)8-3-9-21(24)28/h2-5,7-13,16-17,25,29-30H,6H2,1H3/t16-,17+,25-/m0/s1. The molecule has 0 bridgehead atoms. The van der Waals surface area contributed by atoms with E-state index in [2.05, 4.69) is 22.2 Å². The van der Waals surface area contributed by atoms with E-state index in [9.17, 15) is 8.42 Å². The van der Waals surface area contributed by atoms with Crippen LogP contribution < -0.4 is 10.0 Å². The molecule has 0 spiro atoms. The van der Waals surface area contributed by atoms with Crippen LogP contribution in [0.2, 0.25) is 15.1 Å². The maximum Gasteiger partial charge on any atom is 0.261 e. The molecule has 0 aromatic heterocycles. The van der Waals surface area contributed by atoms with Crippen LogP contribution in [0.4, 0.5) is 11.4 Å². The normalized spacial score (nSPS) is 21.3. The van der Waals surface area contributed by atoms with Gasteiger partial charge in [-0.15, -0.1) is 0 Å². The van der Waals surface area contributed by atoms with Crippen molar-refractivity contribution in [2.75, 3.05) is 10.0 Å². The van der Waals surface area contributed by atoms with E-state index in [0.717, 1.165) is 23.2 Å². The molecule has 3 aromatic carbocycles. The summed E-state index contributed by atoms with van der Waals surface area (Å²) in [6, 6.07) is 15.8. The van der Waals surface area contributed by atoms with E-state index >= 15 is 0 Å². The predicted molar refractivity (Wildman–Crippen MR) is 136 cm³/mol. The van der Waals surface area contributed by atoms with Crippen LogP contribution in [0.5, 0.6) is 0 Å². The van der Waals surface area contributed by atoms with Gasteiger partial charge in [0, 0.05) is 32.2 Å².